The summed E-state index contributed by atoms with van der Waals surface area (Å²) in [4.78, 5) is 23.7. The van der Waals surface area contributed by atoms with Gasteiger partial charge in [0.1, 0.15) is 17.6 Å². The molecule has 1 aromatic heterocycles. The van der Waals surface area contributed by atoms with Gasteiger partial charge in [0.05, 0.1) is 24.3 Å². The van der Waals surface area contributed by atoms with Crippen LogP contribution in [-0.2, 0) is 19.0 Å². The molecule has 3 heterocycles. The van der Waals surface area contributed by atoms with Gasteiger partial charge in [-0.25, -0.2) is 14.2 Å². The fourth-order valence-electron chi connectivity index (χ4n) is 2.67. The van der Waals surface area contributed by atoms with Crippen LogP contribution in [0.15, 0.2) is 39.2 Å². The molecule has 0 aliphatic carbocycles. The summed E-state index contributed by atoms with van der Waals surface area (Å²) in [6, 6.07) is 5.14. The van der Waals surface area contributed by atoms with Gasteiger partial charge in [0.25, 0.3) is 0 Å². The summed E-state index contributed by atoms with van der Waals surface area (Å²) in [6.07, 6.45) is -0.957. The fraction of sp³-hybridized carbons (Fsp3) is 0.214. The zero-order valence-electron chi connectivity index (χ0n) is 12.3. The van der Waals surface area contributed by atoms with Crippen LogP contribution in [-0.4, -0.2) is 42.1 Å². The van der Waals surface area contributed by atoms with Crippen molar-refractivity contribution in [2.45, 2.75) is 5.92 Å². The predicted octanol–water partition coefficient (Wildman–Crippen LogP) is 0.817. The minimum absolute atomic E-state index is 0.0602. The molecular weight excluding hydrogens is 320 g/mol. The van der Waals surface area contributed by atoms with Crippen molar-refractivity contribution in [1.82, 2.24) is 15.7 Å². The van der Waals surface area contributed by atoms with E-state index in [4.69, 9.17) is 14.1 Å². The summed E-state index contributed by atoms with van der Waals surface area (Å²) < 4.78 is 19.4. The summed E-state index contributed by atoms with van der Waals surface area (Å²) in [5.41, 5.74) is 4.92. The van der Waals surface area contributed by atoms with E-state index < -0.39 is 18.0 Å². The third-order valence-electron chi connectivity index (χ3n) is 3.71. The molecule has 10 nitrogen and oxygen atoms in total. The van der Waals surface area contributed by atoms with Crippen LogP contribution in [0.2, 0.25) is 0 Å². The molecule has 2 aliphatic heterocycles. The van der Waals surface area contributed by atoms with E-state index in [1.807, 2.05) is 0 Å². The number of carbonyl (C=O) groups excluding carboxylic acids is 2. The molecule has 10 heteroatoms. The SMILES string of the molecule is COC(=O)OC1=NNC2=C(C(=O)OC2)C1c1cccc2nonc12. The number of fused-ring (bicyclic) bond motifs is 1. The summed E-state index contributed by atoms with van der Waals surface area (Å²) in [7, 11) is 1.17. The lowest BCUT2D eigenvalue weighted by Gasteiger charge is -2.22. The third kappa shape index (κ3) is 2.07. The van der Waals surface area contributed by atoms with Gasteiger partial charge >= 0.3 is 12.1 Å². The largest absolute Gasteiger partial charge is 0.514 e. The number of cyclic esters (lactones) is 1. The van der Waals surface area contributed by atoms with Crippen molar-refractivity contribution < 1.29 is 28.4 Å². The predicted molar refractivity (Wildman–Crippen MR) is 76.6 cm³/mol. The molecule has 0 bridgehead atoms. The van der Waals surface area contributed by atoms with Crippen LogP contribution in [0.4, 0.5) is 4.79 Å². The van der Waals surface area contributed by atoms with E-state index in [0.717, 1.165) is 0 Å². The summed E-state index contributed by atoms with van der Waals surface area (Å²) in [6.45, 7) is 0.0622. The number of carbonyl (C=O) groups is 2. The standard InChI is InChI=1S/C14H10N4O6/c1-21-14(20)23-12-9(10-8(15-16-12)5-22-13(10)19)6-3-2-4-7-11(6)18-24-17-7/h2-4,9,15H,5H2,1H3. The number of hydrazone groups is 1. The highest BCUT2D eigenvalue weighted by Gasteiger charge is 2.41. The van der Waals surface area contributed by atoms with Crippen LogP contribution in [0.25, 0.3) is 11.0 Å². The van der Waals surface area contributed by atoms with Gasteiger partial charge in [-0.2, -0.15) is 0 Å². The Labute approximate surface area is 134 Å². The van der Waals surface area contributed by atoms with Crippen LogP contribution >= 0.6 is 0 Å². The Kier molecular flexibility index (Phi) is 3.15. The van der Waals surface area contributed by atoms with Gasteiger partial charge in [-0.05, 0) is 16.4 Å². The van der Waals surface area contributed by atoms with Crippen LogP contribution < -0.4 is 5.43 Å². The highest BCUT2D eigenvalue weighted by atomic mass is 16.7. The maximum absolute atomic E-state index is 12.2. The fourth-order valence-corrected chi connectivity index (χ4v) is 2.67. The van der Waals surface area contributed by atoms with Crippen LogP contribution in [0.3, 0.4) is 0 Å². The number of aromatic nitrogens is 2. The van der Waals surface area contributed by atoms with Crippen LogP contribution in [0.5, 0.6) is 0 Å². The number of hydrogen-bond acceptors (Lipinski definition) is 10. The molecule has 1 unspecified atom stereocenters. The highest BCUT2D eigenvalue weighted by Crippen LogP contribution is 2.37. The molecule has 0 saturated carbocycles. The van der Waals surface area contributed by atoms with Gasteiger partial charge in [0, 0.05) is 5.56 Å². The number of nitrogens with one attached hydrogen (secondary N) is 1. The van der Waals surface area contributed by atoms with Crippen molar-refractivity contribution in [3.63, 3.8) is 0 Å². The van der Waals surface area contributed by atoms with E-state index in [2.05, 4.69) is 25.6 Å². The van der Waals surface area contributed by atoms with E-state index in [-0.39, 0.29) is 12.5 Å². The first kappa shape index (κ1) is 14.2. The molecule has 0 radical (unpaired) electrons. The maximum atomic E-state index is 12.2. The average molecular weight is 330 g/mol. The summed E-state index contributed by atoms with van der Waals surface area (Å²) in [5, 5.41) is 11.7. The van der Waals surface area contributed by atoms with Gasteiger partial charge < -0.3 is 14.2 Å². The molecule has 4 rings (SSSR count). The number of methoxy groups -OCH3 is 1. The lowest BCUT2D eigenvalue weighted by atomic mass is 9.88. The van der Waals surface area contributed by atoms with Gasteiger partial charge in [-0.1, -0.05) is 12.1 Å². The molecule has 0 saturated heterocycles. The topological polar surface area (TPSA) is 125 Å². The lowest BCUT2D eigenvalue weighted by molar-refractivity contribution is -0.136. The number of rotatable bonds is 1. The van der Waals surface area contributed by atoms with Crippen molar-refractivity contribution in [2.24, 2.45) is 5.10 Å². The van der Waals surface area contributed by atoms with E-state index in [9.17, 15) is 9.59 Å². The Hall–Kier alpha value is -3.43. The minimum atomic E-state index is -0.957. The number of nitrogens with zero attached hydrogens (tertiary/aromatic N) is 3. The van der Waals surface area contributed by atoms with Crippen molar-refractivity contribution >= 4 is 29.1 Å². The molecule has 1 aromatic carbocycles. The Morgan fingerprint density at radius 2 is 2.25 bits per heavy atom. The molecular formula is C14H10N4O6. The molecule has 2 aliphatic rings. The first-order valence-electron chi connectivity index (χ1n) is 6.89. The zero-order chi connectivity index (χ0) is 16.7. The van der Waals surface area contributed by atoms with E-state index >= 15 is 0 Å². The zero-order valence-corrected chi connectivity index (χ0v) is 12.3. The van der Waals surface area contributed by atoms with Crippen molar-refractivity contribution in [3.05, 3.63) is 35.0 Å². The van der Waals surface area contributed by atoms with Gasteiger partial charge in [-0.15, -0.1) is 5.10 Å². The minimum Gasteiger partial charge on any atom is -0.456 e. The number of ether oxygens (including phenoxy) is 3. The smallest absolute Gasteiger partial charge is 0.456 e. The van der Waals surface area contributed by atoms with Crippen LogP contribution in [0.1, 0.15) is 11.5 Å². The van der Waals surface area contributed by atoms with Crippen molar-refractivity contribution in [3.8, 4) is 0 Å². The molecule has 2 aromatic rings. The van der Waals surface area contributed by atoms with Gasteiger partial charge in [0.2, 0.25) is 5.90 Å². The quantitative estimate of drug-likeness (QED) is 0.756. The molecule has 0 spiro atoms. The second-order valence-corrected chi connectivity index (χ2v) is 5.00. The Morgan fingerprint density at radius 1 is 1.38 bits per heavy atom. The van der Waals surface area contributed by atoms with Crippen LogP contribution in [0, 0.1) is 0 Å². The normalized spacial score (nSPS) is 19.5. The average Bonchev–Trinajstić information content (AvgIpc) is 3.21. The molecule has 1 atom stereocenters. The maximum Gasteiger partial charge on any atom is 0.514 e. The first-order valence-corrected chi connectivity index (χ1v) is 6.89. The lowest BCUT2D eigenvalue weighted by Crippen LogP contribution is -2.31. The second-order valence-electron chi connectivity index (χ2n) is 5.00. The number of hydrogen-bond donors (Lipinski definition) is 1. The molecule has 1 N–H and O–H groups in total. The second kappa shape index (κ2) is 5.33. The van der Waals surface area contributed by atoms with Gasteiger partial charge in [0.15, 0.2) is 0 Å². The van der Waals surface area contributed by atoms with Crippen molar-refractivity contribution in [1.29, 1.82) is 0 Å². The number of esters is 1. The van der Waals surface area contributed by atoms with Crippen molar-refractivity contribution in [2.75, 3.05) is 13.7 Å². The molecule has 0 amide bonds. The van der Waals surface area contributed by atoms with E-state index in [1.165, 1.54) is 7.11 Å². The highest BCUT2D eigenvalue weighted by molar-refractivity contribution is 6.06. The third-order valence-corrected chi connectivity index (χ3v) is 3.71. The Morgan fingerprint density at radius 3 is 3.08 bits per heavy atom. The summed E-state index contributed by atoms with van der Waals surface area (Å²) >= 11 is 0. The van der Waals surface area contributed by atoms with E-state index in [0.29, 0.717) is 27.9 Å². The Balaban J connectivity index is 1.87. The van der Waals surface area contributed by atoms with Gasteiger partial charge in [-0.3, -0.25) is 5.43 Å². The molecule has 122 valence electrons. The van der Waals surface area contributed by atoms with E-state index in [1.54, 1.807) is 18.2 Å². The molecule has 24 heavy (non-hydrogen) atoms. The summed E-state index contributed by atoms with van der Waals surface area (Å²) in [5.74, 6) is -1.39. The Bertz CT molecular complexity index is 915. The monoisotopic (exact) mass is 330 g/mol. The molecule has 0 fully saturated rings. The number of benzene rings is 1. The first-order chi connectivity index (χ1) is 11.7.